The number of esters is 1. The number of fused-ring (bicyclic) bond motifs is 8. The molecular weight excluding hydrogens is 701 g/mol. The van der Waals surface area contributed by atoms with Gasteiger partial charge in [0.15, 0.2) is 0 Å². The molecule has 55 heavy (non-hydrogen) atoms. The fourth-order valence-corrected chi connectivity index (χ4v) is 14.9. The monoisotopic (exact) mass is 764 g/mol. The molecule has 3 saturated carbocycles. The van der Waals surface area contributed by atoms with Gasteiger partial charge in [-0.3, -0.25) is 14.8 Å². The summed E-state index contributed by atoms with van der Waals surface area (Å²) < 4.78 is 12.2. The quantitative estimate of drug-likeness (QED) is 0.243. The number of morpholine rings is 1. The van der Waals surface area contributed by atoms with Gasteiger partial charge in [0.1, 0.15) is 12.4 Å². The van der Waals surface area contributed by atoms with E-state index in [-0.39, 0.29) is 39.0 Å². The zero-order valence-corrected chi connectivity index (χ0v) is 35.3. The highest BCUT2D eigenvalue weighted by molar-refractivity contribution is 7.10. The molecular formula is C47H64N4O3S. The van der Waals surface area contributed by atoms with Gasteiger partial charge in [0, 0.05) is 41.2 Å². The summed E-state index contributed by atoms with van der Waals surface area (Å²) in [6, 6.07) is 12.7. The number of anilines is 1. The van der Waals surface area contributed by atoms with Gasteiger partial charge < -0.3 is 15.2 Å². The molecule has 5 aliphatic carbocycles. The minimum Gasteiger partial charge on any atom is -0.460 e. The SMILES string of the molecule is CC1(C)CC[C@]2(C(=O)OCc3ccccc3)CC[C@]3(C)C(=C(c4ccsc4CN4CCOCC4)CC4[C@@]5(C)Cc6c(N)n[nH]c6C(C)(C)C5CC[C@]43C)C2C1. The van der Waals surface area contributed by atoms with Crippen LogP contribution in [0.15, 0.2) is 47.4 Å². The molecule has 3 N–H and O–H groups in total. The maximum atomic E-state index is 15.0. The minimum absolute atomic E-state index is 0.0320. The number of H-pyrrole nitrogens is 1. The van der Waals surface area contributed by atoms with Crippen molar-refractivity contribution >= 4 is 28.7 Å². The molecule has 296 valence electrons. The van der Waals surface area contributed by atoms with Crippen LogP contribution in [0, 0.1) is 44.8 Å². The number of thiophene rings is 1. The van der Waals surface area contributed by atoms with Crippen LogP contribution < -0.4 is 5.73 Å². The summed E-state index contributed by atoms with van der Waals surface area (Å²) in [5, 5.41) is 10.4. The number of benzene rings is 1. The first-order valence-corrected chi connectivity index (χ1v) is 22.2. The van der Waals surface area contributed by atoms with E-state index in [9.17, 15) is 4.79 Å². The van der Waals surface area contributed by atoms with Gasteiger partial charge in [-0.2, -0.15) is 5.10 Å². The number of carbonyl (C=O) groups excluding carboxylic acids is 1. The highest BCUT2D eigenvalue weighted by Gasteiger charge is 2.70. The molecule has 0 radical (unpaired) electrons. The van der Waals surface area contributed by atoms with E-state index in [2.05, 4.69) is 87.1 Å². The number of carbonyl (C=O) groups is 1. The third kappa shape index (κ3) is 5.61. The van der Waals surface area contributed by atoms with Crippen molar-refractivity contribution in [2.24, 2.45) is 44.8 Å². The molecule has 0 amide bonds. The van der Waals surface area contributed by atoms with Crippen LogP contribution in [0.3, 0.4) is 0 Å². The number of hydrogen-bond acceptors (Lipinski definition) is 7. The number of nitrogens with two attached hydrogens (primary N) is 1. The smallest absolute Gasteiger partial charge is 0.313 e. The summed E-state index contributed by atoms with van der Waals surface area (Å²) >= 11 is 1.92. The van der Waals surface area contributed by atoms with E-state index in [0.29, 0.717) is 24.3 Å². The lowest BCUT2D eigenvalue weighted by Gasteiger charge is -2.71. The Bertz CT molecular complexity index is 1990. The number of hydrogen-bond donors (Lipinski definition) is 2. The van der Waals surface area contributed by atoms with E-state index in [1.165, 1.54) is 34.5 Å². The standard InChI is InChI=1S/C47H64N4O3S/c1-42(2)16-18-47(41(52)54-29-30-11-9-8-10-12-30)19-17-46(7)38(34(47)27-42)32(31-14-24-55-35(31)28-51-20-22-53-23-21-51)25-37-44(5)26-33-39(49-50-40(33)48)43(3,4)36(44)13-15-45(37,46)6/h8-12,14,24,34,36-37H,13,15-23,25-29H2,1-7H3,(H3,48,49,50)/t34?,36?,37?,44-,45+,46+,47-/m0/s1. The number of rotatable bonds is 6. The van der Waals surface area contributed by atoms with E-state index < -0.39 is 5.41 Å². The molecule has 7 nitrogen and oxygen atoms in total. The van der Waals surface area contributed by atoms with Crippen molar-refractivity contribution in [2.45, 2.75) is 125 Å². The van der Waals surface area contributed by atoms with Gasteiger partial charge in [-0.25, -0.2) is 0 Å². The number of allylic oxidation sites excluding steroid dienone is 2. The van der Waals surface area contributed by atoms with Crippen LogP contribution in [0.5, 0.6) is 0 Å². The molecule has 0 spiro atoms. The first-order valence-electron chi connectivity index (χ1n) is 21.3. The Balaban J connectivity index is 1.22. The lowest BCUT2D eigenvalue weighted by Crippen LogP contribution is -2.65. The molecule has 8 heteroatoms. The summed E-state index contributed by atoms with van der Waals surface area (Å²) in [5.41, 5.74) is 14.5. The number of nitrogens with one attached hydrogen (secondary N) is 1. The van der Waals surface area contributed by atoms with Crippen molar-refractivity contribution < 1.29 is 14.3 Å². The summed E-state index contributed by atoms with van der Waals surface area (Å²) in [5.74, 6) is 1.82. The first-order chi connectivity index (χ1) is 26.1. The van der Waals surface area contributed by atoms with Gasteiger partial charge in [0.05, 0.1) is 18.6 Å². The summed E-state index contributed by atoms with van der Waals surface area (Å²) in [4.78, 5) is 19.0. The number of nitrogens with zero attached hydrogens (tertiary/aromatic N) is 2. The van der Waals surface area contributed by atoms with Crippen LogP contribution in [0.25, 0.3) is 5.57 Å². The Labute approximate surface area is 333 Å². The molecule has 3 aromatic rings. The Kier molecular flexibility index (Phi) is 8.92. The summed E-state index contributed by atoms with van der Waals surface area (Å²) in [6.45, 7) is 22.6. The van der Waals surface area contributed by atoms with Crippen molar-refractivity contribution in [1.29, 1.82) is 0 Å². The van der Waals surface area contributed by atoms with Gasteiger partial charge in [0.2, 0.25) is 0 Å². The van der Waals surface area contributed by atoms with Crippen LogP contribution in [-0.2, 0) is 39.3 Å². The van der Waals surface area contributed by atoms with Crippen molar-refractivity contribution in [3.63, 3.8) is 0 Å². The fourth-order valence-electron chi connectivity index (χ4n) is 14.0. The normalized spacial score (nSPS) is 36.5. The number of aromatic nitrogens is 2. The van der Waals surface area contributed by atoms with Gasteiger partial charge in [-0.15, -0.1) is 11.3 Å². The molecule has 3 heterocycles. The molecule has 9 rings (SSSR count). The highest BCUT2D eigenvalue weighted by atomic mass is 32.1. The Morgan fingerprint density at radius 1 is 0.982 bits per heavy atom. The lowest BCUT2D eigenvalue weighted by molar-refractivity contribution is -0.181. The zero-order valence-electron chi connectivity index (χ0n) is 34.5. The van der Waals surface area contributed by atoms with Gasteiger partial charge in [-0.1, -0.05) is 84.4 Å². The second-order valence-electron chi connectivity index (χ2n) is 20.6. The molecule has 1 aromatic carbocycles. The van der Waals surface area contributed by atoms with E-state index >= 15 is 0 Å². The van der Waals surface area contributed by atoms with E-state index in [1.807, 2.05) is 29.5 Å². The van der Waals surface area contributed by atoms with Crippen LogP contribution in [-0.4, -0.2) is 47.4 Å². The van der Waals surface area contributed by atoms with Crippen molar-refractivity contribution in [3.8, 4) is 0 Å². The molecule has 3 unspecified atom stereocenters. The Hall–Kier alpha value is -2.94. The topological polar surface area (TPSA) is 93.5 Å². The predicted molar refractivity (Wildman–Crippen MR) is 221 cm³/mol. The Morgan fingerprint density at radius 2 is 1.73 bits per heavy atom. The van der Waals surface area contributed by atoms with E-state index in [4.69, 9.17) is 15.2 Å². The van der Waals surface area contributed by atoms with Crippen LogP contribution in [0.2, 0.25) is 0 Å². The van der Waals surface area contributed by atoms with Crippen molar-refractivity contribution in [2.75, 3.05) is 32.0 Å². The molecule has 2 aromatic heterocycles. The summed E-state index contributed by atoms with van der Waals surface area (Å²) in [6.07, 6.45) is 9.26. The molecule has 1 aliphatic heterocycles. The van der Waals surface area contributed by atoms with Crippen molar-refractivity contribution in [1.82, 2.24) is 15.1 Å². The Morgan fingerprint density at radius 3 is 2.49 bits per heavy atom. The zero-order chi connectivity index (χ0) is 38.6. The predicted octanol–water partition coefficient (Wildman–Crippen LogP) is 9.97. The van der Waals surface area contributed by atoms with E-state index in [1.54, 1.807) is 11.1 Å². The van der Waals surface area contributed by atoms with Gasteiger partial charge in [0.25, 0.3) is 0 Å². The summed E-state index contributed by atoms with van der Waals surface area (Å²) in [7, 11) is 0. The minimum atomic E-state index is -0.512. The number of nitrogen functional groups attached to an aromatic ring is 1. The molecule has 0 bridgehead atoms. The fraction of sp³-hybridized carbons (Fsp3) is 0.660. The number of ether oxygens (including phenoxy) is 2. The maximum absolute atomic E-state index is 15.0. The van der Waals surface area contributed by atoms with Crippen LogP contribution in [0.1, 0.15) is 127 Å². The average molecular weight is 765 g/mol. The number of aromatic amines is 1. The van der Waals surface area contributed by atoms with Gasteiger partial charge in [-0.05, 0) is 125 Å². The van der Waals surface area contributed by atoms with Crippen LogP contribution in [0.4, 0.5) is 5.82 Å². The van der Waals surface area contributed by atoms with Crippen LogP contribution >= 0.6 is 11.3 Å². The van der Waals surface area contributed by atoms with E-state index in [0.717, 1.165) is 83.4 Å². The second-order valence-corrected chi connectivity index (χ2v) is 21.6. The molecule has 7 atom stereocenters. The third-order valence-electron chi connectivity index (χ3n) is 17.1. The molecule has 6 aliphatic rings. The highest BCUT2D eigenvalue weighted by Crippen LogP contribution is 2.77. The van der Waals surface area contributed by atoms with Gasteiger partial charge >= 0.3 is 5.97 Å². The molecule has 4 fully saturated rings. The lowest BCUT2D eigenvalue weighted by atomic mass is 9.32. The molecule has 1 saturated heterocycles. The average Bonchev–Trinajstić information content (AvgIpc) is 3.77. The first kappa shape index (κ1) is 37.6. The largest absolute Gasteiger partial charge is 0.460 e. The maximum Gasteiger partial charge on any atom is 0.313 e. The second kappa shape index (κ2) is 13.0. The van der Waals surface area contributed by atoms with Crippen molar-refractivity contribution in [3.05, 3.63) is 74.6 Å². The third-order valence-corrected chi connectivity index (χ3v) is 18.0.